The molecule has 0 saturated carbocycles. The van der Waals surface area contributed by atoms with Gasteiger partial charge in [-0.15, -0.1) is 0 Å². The molecule has 0 radical (unpaired) electrons. The number of nitrogens with one attached hydrogen (secondary N) is 1. The molecule has 1 aromatic heterocycles. The first-order chi connectivity index (χ1) is 13.3. The number of aromatic nitrogens is 1. The number of fused-ring (bicyclic) bond motifs is 1. The van der Waals surface area contributed by atoms with E-state index in [9.17, 15) is 14.0 Å². The molecule has 1 saturated heterocycles. The van der Waals surface area contributed by atoms with Crippen molar-refractivity contribution in [2.45, 2.75) is 19.6 Å². The van der Waals surface area contributed by atoms with Crippen LogP contribution in [-0.2, 0) is 19.1 Å². The summed E-state index contributed by atoms with van der Waals surface area (Å²) in [6.45, 7) is 2.95. The van der Waals surface area contributed by atoms with E-state index in [4.69, 9.17) is 13.9 Å². The van der Waals surface area contributed by atoms with Gasteiger partial charge in [0.2, 0.25) is 5.89 Å². The minimum atomic E-state index is -1.29. The average molecular weight is 382 g/mol. The summed E-state index contributed by atoms with van der Waals surface area (Å²) in [5.74, 6) is -2.82. The van der Waals surface area contributed by atoms with Crippen LogP contribution in [0, 0.1) is 5.82 Å². The highest BCUT2D eigenvalue weighted by Crippen LogP contribution is 2.27. The highest BCUT2D eigenvalue weighted by molar-refractivity contribution is 6.15. The Hall–Kier alpha value is -3.68. The van der Waals surface area contributed by atoms with E-state index < -0.39 is 17.7 Å². The Morgan fingerprint density at radius 1 is 1.04 bits per heavy atom. The third-order valence-electron chi connectivity index (χ3n) is 3.98. The summed E-state index contributed by atoms with van der Waals surface area (Å²) in [6.07, 6.45) is 1.22. The van der Waals surface area contributed by atoms with Crippen LogP contribution in [0.5, 0.6) is 0 Å². The number of nitrogens with zero attached hydrogens (tertiary/aromatic N) is 1. The predicted molar refractivity (Wildman–Crippen MR) is 97.4 cm³/mol. The molecular weight excluding hydrogens is 367 g/mol. The van der Waals surface area contributed by atoms with Gasteiger partial charge >= 0.3 is 11.9 Å². The van der Waals surface area contributed by atoms with Gasteiger partial charge in [0.15, 0.2) is 11.2 Å². The van der Waals surface area contributed by atoms with E-state index in [0.717, 1.165) is 0 Å². The number of hydrogen-bond acceptors (Lipinski definition) is 7. The second kappa shape index (κ2) is 6.49. The molecular formula is C20H15FN2O5. The fourth-order valence-corrected chi connectivity index (χ4v) is 2.67. The molecule has 0 unspecified atom stereocenters. The van der Waals surface area contributed by atoms with Crippen LogP contribution in [0.4, 0.5) is 10.1 Å². The zero-order chi connectivity index (χ0) is 19.9. The molecule has 0 aliphatic carbocycles. The van der Waals surface area contributed by atoms with Crippen molar-refractivity contribution in [3.8, 4) is 11.5 Å². The summed E-state index contributed by atoms with van der Waals surface area (Å²) >= 11 is 0. The Kier molecular flexibility index (Phi) is 4.11. The molecule has 1 N–H and O–H groups in total. The third-order valence-corrected chi connectivity index (χ3v) is 3.98. The van der Waals surface area contributed by atoms with E-state index in [0.29, 0.717) is 28.2 Å². The molecule has 3 aromatic rings. The maximum Gasteiger partial charge on any atom is 0.350 e. The zero-order valence-electron chi connectivity index (χ0n) is 15.0. The lowest BCUT2D eigenvalue weighted by Crippen LogP contribution is -2.42. The van der Waals surface area contributed by atoms with E-state index >= 15 is 0 Å². The summed E-state index contributed by atoms with van der Waals surface area (Å²) in [7, 11) is 0. The highest BCUT2D eigenvalue weighted by Gasteiger charge is 2.38. The van der Waals surface area contributed by atoms with Crippen LogP contribution in [0.1, 0.15) is 13.8 Å². The van der Waals surface area contributed by atoms with Gasteiger partial charge in [-0.05, 0) is 42.5 Å². The molecule has 4 rings (SSSR count). The lowest BCUT2D eigenvalue weighted by Gasteiger charge is -2.29. The Labute approximate surface area is 158 Å². The first kappa shape index (κ1) is 17.7. The van der Waals surface area contributed by atoms with Crippen molar-refractivity contribution >= 4 is 28.7 Å². The van der Waals surface area contributed by atoms with Crippen LogP contribution >= 0.6 is 0 Å². The van der Waals surface area contributed by atoms with Crippen molar-refractivity contribution < 1.29 is 27.9 Å². The van der Waals surface area contributed by atoms with Gasteiger partial charge < -0.3 is 19.2 Å². The van der Waals surface area contributed by atoms with Gasteiger partial charge in [0.1, 0.15) is 11.3 Å². The SMILES string of the molecule is CC1(C)OC(=O)C(=CNc2ccc3oc(-c4ccc(F)cc4)nc3c2)C(=O)O1. The van der Waals surface area contributed by atoms with Crippen LogP contribution in [0.3, 0.4) is 0 Å². The van der Waals surface area contributed by atoms with Gasteiger partial charge in [-0.25, -0.2) is 19.0 Å². The van der Waals surface area contributed by atoms with Crippen LogP contribution in [-0.4, -0.2) is 22.7 Å². The molecule has 1 aliphatic rings. The van der Waals surface area contributed by atoms with Gasteiger partial charge in [0.25, 0.3) is 5.79 Å². The van der Waals surface area contributed by atoms with E-state index in [2.05, 4.69) is 10.3 Å². The minimum absolute atomic E-state index is 0.244. The molecule has 142 valence electrons. The number of hydrogen-bond donors (Lipinski definition) is 1. The molecule has 0 atom stereocenters. The molecule has 7 nitrogen and oxygen atoms in total. The van der Waals surface area contributed by atoms with Gasteiger partial charge in [-0.3, -0.25) is 0 Å². The summed E-state index contributed by atoms with van der Waals surface area (Å²) in [5.41, 5.74) is 2.06. The first-order valence-corrected chi connectivity index (χ1v) is 8.41. The molecule has 1 aliphatic heterocycles. The standard InChI is InChI=1S/C20H15FN2O5/c1-20(2)27-18(24)14(19(25)28-20)10-22-13-7-8-16-15(9-13)23-17(26-16)11-3-5-12(21)6-4-11/h3-10,22H,1-2H3. The Balaban J connectivity index is 1.57. The Morgan fingerprint density at radius 2 is 1.71 bits per heavy atom. The summed E-state index contributed by atoms with van der Waals surface area (Å²) in [4.78, 5) is 28.3. The maximum atomic E-state index is 13.1. The third kappa shape index (κ3) is 3.44. The van der Waals surface area contributed by atoms with Crippen LogP contribution < -0.4 is 5.32 Å². The van der Waals surface area contributed by atoms with Crippen molar-refractivity contribution in [1.29, 1.82) is 0 Å². The van der Waals surface area contributed by atoms with Crippen LogP contribution in [0.15, 0.2) is 58.7 Å². The van der Waals surface area contributed by atoms with E-state index in [1.807, 2.05) is 0 Å². The van der Waals surface area contributed by atoms with Crippen LogP contribution in [0.2, 0.25) is 0 Å². The fraction of sp³-hybridized carbons (Fsp3) is 0.150. The topological polar surface area (TPSA) is 90.7 Å². The Bertz CT molecular complexity index is 1090. The number of carbonyl (C=O) groups is 2. The normalized spacial score (nSPS) is 15.9. The number of carbonyl (C=O) groups excluding carboxylic acids is 2. The molecule has 2 aromatic carbocycles. The van der Waals surface area contributed by atoms with Gasteiger partial charge in [-0.1, -0.05) is 0 Å². The number of benzene rings is 2. The zero-order valence-corrected chi connectivity index (χ0v) is 15.0. The number of cyclic esters (lactones) is 2. The number of esters is 2. The second-order valence-electron chi connectivity index (χ2n) is 6.59. The summed E-state index contributed by atoms with van der Waals surface area (Å²) < 4.78 is 28.8. The first-order valence-electron chi connectivity index (χ1n) is 8.41. The molecule has 0 amide bonds. The largest absolute Gasteiger partial charge is 0.436 e. The average Bonchev–Trinajstić information content (AvgIpc) is 3.04. The smallest absolute Gasteiger partial charge is 0.350 e. The van der Waals surface area contributed by atoms with E-state index in [1.54, 1.807) is 30.3 Å². The van der Waals surface area contributed by atoms with Crippen molar-refractivity contribution in [3.63, 3.8) is 0 Å². The lowest BCUT2D eigenvalue weighted by molar-refractivity contribution is -0.222. The van der Waals surface area contributed by atoms with Crippen molar-refractivity contribution in [2.24, 2.45) is 0 Å². The monoisotopic (exact) mass is 382 g/mol. The summed E-state index contributed by atoms with van der Waals surface area (Å²) in [6, 6.07) is 10.9. The number of rotatable bonds is 3. The Morgan fingerprint density at radius 3 is 2.39 bits per heavy atom. The van der Waals surface area contributed by atoms with E-state index in [-0.39, 0.29) is 11.4 Å². The number of halogens is 1. The second-order valence-corrected chi connectivity index (χ2v) is 6.59. The summed E-state index contributed by atoms with van der Waals surface area (Å²) in [5, 5.41) is 2.86. The highest BCUT2D eigenvalue weighted by atomic mass is 19.1. The molecule has 2 heterocycles. The van der Waals surface area contributed by atoms with Crippen LogP contribution in [0.25, 0.3) is 22.6 Å². The molecule has 1 fully saturated rings. The predicted octanol–water partition coefficient (Wildman–Crippen LogP) is 3.77. The molecule has 28 heavy (non-hydrogen) atoms. The maximum absolute atomic E-state index is 13.1. The molecule has 8 heteroatoms. The fourth-order valence-electron chi connectivity index (χ4n) is 2.67. The number of ether oxygens (including phenoxy) is 2. The molecule has 0 bridgehead atoms. The quantitative estimate of drug-likeness (QED) is 0.419. The van der Waals surface area contributed by atoms with Gasteiger partial charge in [0.05, 0.1) is 0 Å². The van der Waals surface area contributed by atoms with Gasteiger partial charge in [0, 0.05) is 31.3 Å². The number of anilines is 1. The van der Waals surface area contributed by atoms with Crippen molar-refractivity contribution in [2.75, 3.05) is 5.32 Å². The van der Waals surface area contributed by atoms with Crippen molar-refractivity contribution in [1.82, 2.24) is 4.98 Å². The molecule has 0 spiro atoms. The lowest BCUT2D eigenvalue weighted by atomic mass is 10.2. The minimum Gasteiger partial charge on any atom is -0.436 e. The van der Waals surface area contributed by atoms with Gasteiger partial charge in [-0.2, -0.15) is 0 Å². The number of oxazole rings is 1. The van der Waals surface area contributed by atoms with E-state index in [1.165, 1.54) is 32.2 Å². The van der Waals surface area contributed by atoms with Crippen molar-refractivity contribution in [3.05, 3.63) is 60.1 Å².